The summed E-state index contributed by atoms with van der Waals surface area (Å²) in [7, 11) is 0. The lowest BCUT2D eigenvalue weighted by Gasteiger charge is -2.33. The van der Waals surface area contributed by atoms with Gasteiger partial charge in [0.2, 0.25) is 0 Å². The summed E-state index contributed by atoms with van der Waals surface area (Å²) < 4.78 is 17.7. The Morgan fingerprint density at radius 1 is 1.28 bits per heavy atom. The zero-order valence-corrected chi connectivity index (χ0v) is 18.5. The minimum absolute atomic E-state index is 0.0223. The normalized spacial score (nSPS) is 21.7. The van der Waals surface area contributed by atoms with Gasteiger partial charge in [0.15, 0.2) is 6.29 Å². The molecule has 1 N–H and O–H groups in total. The predicted octanol–water partition coefficient (Wildman–Crippen LogP) is 5.64. The molecular formula is C25H40O4. The summed E-state index contributed by atoms with van der Waals surface area (Å²) in [6, 6.07) is 10.1. The van der Waals surface area contributed by atoms with Crippen molar-refractivity contribution in [2.75, 3.05) is 13.2 Å². The summed E-state index contributed by atoms with van der Waals surface area (Å²) in [5, 5.41) is 11.1. The fourth-order valence-electron chi connectivity index (χ4n) is 3.70. The van der Waals surface area contributed by atoms with E-state index in [1.54, 1.807) is 0 Å². The van der Waals surface area contributed by atoms with Gasteiger partial charge in [0.1, 0.15) is 0 Å². The molecule has 1 fully saturated rings. The van der Waals surface area contributed by atoms with Crippen LogP contribution < -0.4 is 0 Å². The molecule has 4 atom stereocenters. The molecule has 0 saturated carbocycles. The Hall–Kier alpha value is -1.20. The summed E-state index contributed by atoms with van der Waals surface area (Å²) in [6.07, 6.45) is 10.6. The van der Waals surface area contributed by atoms with Crippen molar-refractivity contribution in [1.29, 1.82) is 0 Å². The summed E-state index contributed by atoms with van der Waals surface area (Å²) in [6.45, 7) is 8.17. The number of rotatable bonds is 13. The molecule has 0 amide bonds. The molecule has 1 saturated heterocycles. The Labute approximate surface area is 177 Å². The lowest BCUT2D eigenvalue weighted by atomic mass is 9.89. The molecule has 1 aromatic rings. The number of benzene rings is 1. The van der Waals surface area contributed by atoms with Gasteiger partial charge in [0, 0.05) is 6.61 Å². The molecule has 1 heterocycles. The Kier molecular flexibility index (Phi) is 10.9. The SMILES string of the molecule is C/C=C/C[C@H](OCc1ccccc1)[C@](C)(O)CCCC(C)COC1CCCCO1. The van der Waals surface area contributed by atoms with Crippen LogP contribution in [-0.2, 0) is 20.8 Å². The van der Waals surface area contributed by atoms with Crippen molar-refractivity contribution in [2.45, 2.75) is 90.3 Å². The van der Waals surface area contributed by atoms with Crippen molar-refractivity contribution in [3.63, 3.8) is 0 Å². The quantitative estimate of drug-likeness (QED) is 0.432. The van der Waals surface area contributed by atoms with E-state index < -0.39 is 5.60 Å². The molecule has 0 radical (unpaired) electrons. The second-order valence-electron chi connectivity index (χ2n) is 8.57. The van der Waals surface area contributed by atoms with Crippen LogP contribution in [0.15, 0.2) is 42.5 Å². The van der Waals surface area contributed by atoms with Crippen LogP contribution in [0.1, 0.15) is 71.3 Å². The third-order valence-electron chi connectivity index (χ3n) is 5.66. The van der Waals surface area contributed by atoms with Crippen molar-refractivity contribution in [2.24, 2.45) is 5.92 Å². The lowest BCUT2D eigenvalue weighted by Crippen LogP contribution is -2.41. The number of ether oxygens (including phenoxy) is 3. The maximum absolute atomic E-state index is 11.1. The largest absolute Gasteiger partial charge is 0.387 e. The van der Waals surface area contributed by atoms with Crippen LogP contribution in [0.3, 0.4) is 0 Å². The molecule has 0 spiro atoms. The first kappa shape index (κ1) is 24.1. The van der Waals surface area contributed by atoms with Crippen LogP contribution in [0.25, 0.3) is 0 Å². The molecule has 164 valence electrons. The van der Waals surface area contributed by atoms with Gasteiger partial charge in [-0.05, 0) is 63.9 Å². The molecule has 0 aliphatic carbocycles. The summed E-state index contributed by atoms with van der Waals surface area (Å²) in [5.41, 5.74) is 0.269. The molecule has 0 bridgehead atoms. The van der Waals surface area contributed by atoms with Crippen LogP contribution in [0.4, 0.5) is 0 Å². The Balaban J connectivity index is 1.75. The Morgan fingerprint density at radius 2 is 2.07 bits per heavy atom. The second kappa shape index (κ2) is 13.2. The highest BCUT2D eigenvalue weighted by Crippen LogP contribution is 2.26. The van der Waals surface area contributed by atoms with Crippen LogP contribution in [-0.4, -0.2) is 36.3 Å². The Morgan fingerprint density at radius 3 is 2.76 bits per heavy atom. The van der Waals surface area contributed by atoms with Crippen LogP contribution >= 0.6 is 0 Å². The van der Waals surface area contributed by atoms with Gasteiger partial charge in [0.25, 0.3) is 0 Å². The van der Waals surface area contributed by atoms with Crippen molar-refractivity contribution in [3.05, 3.63) is 48.0 Å². The number of allylic oxidation sites excluding steroid dienone is 1. The van der Waals surface area contributed by atoms with Gasteiger partial charge in [-0.1, -0.05) is 55.8 Å². The highest BCUT2D eigenvalue weighted by atomic mass is 16.7. The number of hydrogen-bond acceptors (Lipinski definition) is 4. The van der Waals surface area contributed by atoms with Crippen molar-refractivity contribution in [1.82, 2.24) is 0 Å². The first-order valence-electron chi connectivity index (χ1n) is 11.2. The van der Waals surface area contributed by atoms with E-state index in [1.807, 2.05) is 38.1 Å². The van der Waals surface area contributed by atoms with Gasteiger partial charge in [-0.2, -0.15) is 0 Å². The summed E-state index contributed by atoms with van der Waals surface area (Å²) in [4.78, 5) is 0. The van der Waals surface area contributed by atoms with Gasteiger partial charge in [-0.25, -0.2) is 0 Å². The highest BCUT2D eigenvalue weighted by molar-refractivity contribution is 5.13. The molecule has 2 unspecified atom stereocenters. The summed E-state index contributed by atoms with van der Waals surface area (Å²) in [5.74, 6) is 0.454. The molecule has 1 aliphatic heterocycles. The molecule has 29 heavy (non-hydrogen) atoms. The van der Waals surface area contributed by atoms with Crippen molar-refractivity contribution < 1.29 is 19.3 Å². The maximum atomic E-state index is 11.1. The van der Waals surface area contributed by atoms with Crippen molar-refractivity contribution in [3.8, 4) is 0 Å². The molecule has 0 aromatic heterocycles. The second-order valence-corrected chi connectivity index (χ2v) is 8.57. The van der Waals surface area contributed by atoms with Gasteiger partial charge >= 0.3 is 0 Å². The van der Waals surface area contributed by atoms with E-state index >= 15 is 0 Å². The first-order chi connectivity index (χ1) is 14.0. The molecule has 4 nitrogen and oxygen atoms in total. The first-order valence-corrected chi connectivity index (χ1v) is 11.2. The van der Waals surface area contributed by atoms with Crippen LogP contribution in [0, 0.1) is 5.92 Å². The molecule has 1 aliphatic rings. The van der Waals surface area contributed by atoms with Crippen molar-refractivity contribution >= 4 is 0 Å². The van der Waals surface area contributed by atoms with E-state index in [1.165, 1.54) is 6.42 Å². The molecule has 4 heteroatoms. The molecular weight excluding hydrogens is 364 g/mol. The van der Waals surface area contributed by atoms with Gasteiger partial charge in [0.05, 0.1) is 24.9 Å². The van der Waals surface area contributed by atoms with Gasteiger partial charge < -0.3 is 19.3 Å². The van der Waals surface area contributed by atoms with E-state index in [0.29, 0.717) is 25.4 Å². The minimum Gasteiger partial charge on any atom is -0.387 e. The highest BCUT2D eigenvalue weighted by Gasteiger charge is 2.31. The molecule has 1 aromatic carbocycles. The predicted molar refractivity (Wildman–Crippen MR) is 118 cm³/mol. The van der Waals surface area contributed by atoms with E-state index in [9.17, 15) is 5.11 Å². The van der Waals surface area contributed by atoms with Crippen LogP contribution in [0.2, 0.25) is 0 Å². The van der Waals surface area contributed by atoms with E-state index in [4.69, 9.17) is 14.2 Å². The maximum Gasteiger partial charge on any atom is 0.157 e. The average molecular weight is 405 g/mol. The third-order valence-corrected chi connectivity index (χ3v) is 5.66. The average Bonchev–Trinajstić information content (AvgIpc) is 2.73. The summed E-state index contributed by atoms with van der Waals surface area (Å²) >= 11 is 0. The Bertz CT molecular complexity index is 563. The van der Waals surface area contributed by atoms with Gasteiger partial charge in [-0.3, -0.25) is 0 Å². The zero-order chi connectivity index (χ0) is 21.0. The van der Waals surface area contributed by atoms with E-state index in [0.717, 1.165) is 44.5 Å². The zero-order valence-electron chi connectivity index (χ0n) is 18.5. The number of aliphatic hydroxyl groups is 1. The molecule has 2 rings (SSSR count). The minimum atomic E-state index is -0.860. The van der Waals surface area contributed by atoms with E-state index in [2.05, 4.69) is 25.1 Å². The topological polar surface area (TPSA) is 47.9 Å². The number of hydrogen-bond donors (Lipinski definition) is 1. The van der Waals surface area contributed by atoms with Crippen LogP contribution in [0.5, 0.6) is 0 Å². The lowest BCUT2D eigenvalue weighted by molar-refractivity contribution is -0.168. The fourth-order valence-corrected chi connectivity index (χ4v) is 3.70. The van der Waals surface area contributed by atoms with E-state index in [-0.39, 0.29) is 12.4 Å². The van der Waals surface area contributed by atoms with Gasteiger partial charge in [-0.15, -0.1) is 0 Å². The third kappa shape index (κ3) is 9.43. The fraction of sp³-hybridized carbons (Fsp3) is 0.680. The standard InChI is InChI=1S/C25H40O4/c1-4-5-15-23(28-20-22-13-7-6-8-14-22)25(3,26)17-11-12-21(2)19-29-24-16-9-10-18-27-24/h4-8,13-14,21,23-24,26H,9-12,15-20H2,1-3H3/b5-4+/t21?,23-,24?,25+/m0/s1. The monoisotopic (exact) mass is 404 g/mol. The smallest absolute Gasteiger partial charge is 0.157 e.